The molecule has 13 heavy (non-hydrogen) atoms. The zero-order valence-corrected chi connectivity index (χ0v) is 9.25. The van der Waals surface area contributed by atoms with Gasteiger partial charge < -0.3 is 0 Å². The van der Waals surface area contributed by atoms with Gasteiger partial charge in [0.25, 0.3) is 0 Å². The Bertz CT molecular complexity index is 369. The summed E-state index contributed by atoms with van der Waals surface area (Å²) in [5.74, 6) is 0.834. The molecule has 2 aromatic heterocycles. The van der Waals surface area contributed by atoms with Crippen molar-refractivity contribution in [2.24, 2.45) is 0 Å². The second-order valence-corrected chi connectivity index (χ2v) is 5.53. The van der Waals surface area contributed by atoms with Crippen LogP contribution >= 0.6 is 34.4 Å². The van der Waals surface area contributed by atoms with Crippen LogP contribution in [0.3, 0.4) is 0 Å². The van der Waals surface area contributed by atoms with Crippen molar-refractivity contribution in [3.05, 3.63) is 15.5 Å². The Morgan fingerprint density at radius 3 is 2.92 bits per heavy atom. The fourth-order valence-electron chi connectivity index (χ4n) is 0.745. The van der Waals surface area contributed by atoms with E-state index in [1.807, 2.05) is 6.92 Å². The zero-order chi connectivity index (χ0) is 9.10. The minimum absolute atomic E-state index is 0.834. The average Bonchev–Trinajstić information content (AvgIpc) is 2.71. The SMILES string of the molecule is Cc1nnc(CSc2nncs2)s1. The van der Waals surface area contributed by atoms with Gasteiger partial charge in [-0.25, -0.2) is 0 Å². The third-order valence-electron chi connectivity index (χ3n) is 1.23. The predicted octanol–water partition coefficient (Wildman–Crippen LogP) is 1.99. The lowest BCUT2D eigenvalue weighted by Gasteiger charge is -1.89. The fourth-order valence-corrected chi connectivity index (χ4v) is 2.93. The van der Waals surface area contributed by atoms with Crippen LogP contribution in [0.15, 0.2) is 9.85 Å². The number of nitrogens with zero attached hydrogens (tertiary/aromatic N) is 4. The highest BCUT2D eigenvalue weighted by Gasteiger charge is 2.03. The van der Waals surface area contributed by atoms with Crippen molar-refractivity contribution >= 4 is 34.4 Å². The molecule has 4 nitrogen and oxygen atoms in total. The van der Waals surface area contributed by atoms with Gasteiger partial charge >= 0.3 is 0 Å². The molecule has 0 saturated carbocycles. The highest BCUT2D eigenvalue weighted by molar-refractivity contribution is 8.00. The van der Waals surface area contributed by atoms with E-state index in [0.717, 1.165) is 20.1 Å². The molecule has 0 fully saturated rings. The van der Waals surface area contributed by atoms with Crippen LogP contribution in [0, 0.1) is 6.92 Å². The van der Waals surface area contributed by atoms with E-state index >= 15 is 0 Å². The van der Waals surface area contributed by atoms with Crippen LogP contribution in [0.25, 0.3) is 0 Å². The highest BCUT2D eigenvalue weighted by atomic mass is 32.2. The van der Waals surface area contributed by atoms with E-state index in [0.29, 0.717) is 0 Å². The van der Waals surface area contributed by atoms with Crippen LogP contribution < -0.4 is 0 Å². The van der Waals surface area contributed by atoms with E-state index in [1.54, 1.807) is 39.9 Å². The van der Waals surface area contributed by atoms with Crippen molar-refractivity contribution in [3.8, 4) is 0 Å². The summed E-state index contributed by atoms with van der Waals surface area (Å²) in [5, 5.41) is 17.7. The molecule has 68 valence electrons. The van der Waals surface area contributed by atoms with Gasteiger partial charge in [0.2, 0.25) is 0 Å². The number of rotatable bonds is 3. The van der Waals surface area contributed by atoms with Gasteiger partial charge in [0, 0.05) is 0 Å². The fraction of sp³-hybridized carbons (Fsp3) is 0.333. The second-order valence-electron chi connectivity index (χ2n) is 2.21. The molecular weight excluding hydrogens is 224 g/mol. The van der Waals surface area contributed by atoms with Crippen LogP contribution in [0.1, 0.15) is 10.0 Å². The molecule has 2 rings (SSSR count). The van der Waals surface area contributed by atoms with Crippen molar-refractivity contribution in [3.63, 3.8) is 0 Å². The third-order valence-corrected chi connectivity index (χ3v) is 4.12. The number of aromatic nitrogens is 4. The monoisotopic (exact) mass is 230 g/mol. The summed E-state index contributed by atoms with van der Waals surface area (Å²) in [7, 11) is 0. The number of aryl methyl sites for hydroxylation is 1. The minimum atomic E-state index is 0.834. The third kappa shape index (κ3) is 2.45. The van der Waals surface area contributed by atoms with Gasteiger partial charge in [-0.2, -0.15) is 0 Å². The van der Waals surface area contributed by atoms with Gasteiger partial charge in [-0.1, -0.05) is 23.1 Å². The smallest absolute Gasteiger partial charge is 0.146 e. The van der Waals surface area contributed by atoms with Gasteiger partial charge in [0.15, 0.2) is 4.34 Å². The van der Waals surface area contributed by atoms with E-state index in [2.05, 4.69) is 20.4 Å². The Morgan fingerprint density at radius 2 is 2.31 bits per heavy atom. The molecule has 0 amide bonds. The Hall–Kier alpha value is -0.530. The molecule has 0 bridgehead atoms. The molecule has 2 heterocycles. The van der Waals surface area contributed by atoms with Crippen molar-refractivity contribution in [2.45, 2.75) is 17.0 Å². The van der Waals surface area contributed by atoms with Gasteiger partial charge in [0.1, 0.15) is 15.5 Å². The van der Waals surface area contributed by atoms with E-state index in [4.69, 9.17) is 0 Å². The van der Waals surface area contributed by atoms with E-state index in [9.17, 15) is 0 Å². The Labute approximate surface area is 87.4 Å². The second kappa shape index (κ2) is 4.12. The summed E-state index contributed by atoms with van der Waals surface area (Å²) in [4.78, 5) is 0. The molecule has 0 aliphatic heterocycles. The molecule has 0 aliphatic rings. The first-order valence-corrected chi connectivity index (χ1v) is 6.21. The summed E-state index contributed by atoms with van der Waals surface area (Å²) in [5.41, 5.74) is 1.73. The summed E-state index contributed by atoms with van der Waals surface area (Å²) < 4.78 is 0.979. The maximum absolute atomic E-state index is 4.02. The Morgan fingerprint density at radius 1 is 1.38 bits per heavy atom. The summed E-state index contributed by atoms with van der Waals surface area (Å²) in [6, 6.07) is 0. The van der Waals surface area contributed by atoms with Crippen LogP contribution in [0.2, 0.25) is 0 Å². The first-order chi connectivity index (χ1) is 6.34. The maximum Gasteiger partial charge on any atom is 0.174 e. The molecule has 0 N–H and O–H groups in total. The van der Waals surface area contributed by atoms with E-state index in [1.165, 1.54) is 0 Å². The quantitative estimate of drug-likeness (QED) is 0.755. The van der Waals surface area contributed by atoms with Gasteiger partial charge in [-0.05, 0) is 6.92 Å². The van der Waals surface area contributed by atoms with Crippen molar-refractivity contribution < 1.29 is 0 Å². The Kier molecular flexibility index (Phi) is 2.87. The van der Waals surface area contributed by atoms with Crippen molar-refractivity contribution in [1.29, 1.82) is 0 Å². The largest absolute Gasteiger partial charge is 0.174 e. The standard InChI is InChI=1S/C6H6N4S3/c1-4-8-9-5(13-4)2-11-6-10-7-3-12-6/h3H,2H2,1H3. The maximum atomic E-state index is 4.02. The molecule has 0 unspecified atom stereocenters. The molecule has 7 heteroatoms. The van der Waals surface area contributed by atoms with Crippen molar-refractivity contribution in [2.75, 3.05) is 0 Å². The minimum Gasteiger partial charge on any atom is -0.146 e. The lowest BCUT2D eigenvalue weighted by atomic mass is 10.8. The number of hydrogen-bond donors (Lipinski definition) is 0. The van der Waals surface area contributed by atoms with Crippen LogP contribution in [0.4, 0.5) is 0 Å². The van der Waals surface area contributed by atoms with Crippen LogP contribution in [-0.2, 0) is 5.75 Å². The summed E-state index contributed by atoms with van der Waals surface area (Å²) >= 11 is 4.82. The number of thioether (sulfide) groups is 1. The lowest BCUT2D eigenvalue weighted by molar-refractivity contribution is 0.998. The van der Waals surface area contributed by atoms with Gasteiger partial charge in [0.05, 0.1) is 5.75 Å². The molecule has 0 aromatic carbocycles. The van der Waals surface area contributed by atoms with Crippen molar-refractivity contribution in [1.82, 2.24) is 20.4 Å². The Balaban J connectivity index is 1.93. The van der Waals surface area contributed by atoms with E-state index in [-0.39, 0.29) is 0 Å². The lowest BCUT2D eigenvalue weighted by Crippen LogP contribution is -1.78. The summed E-state index contributed by atoms with van der Waals surface area (Å²) in [6.07, 6.45) is 0. The first kappa shape index (κ1) is 9.04. The topological polar surface area (TPSA) is 51.6 Å². The molecule has 2 aromatic rings. The molecular formula is C6H6N4S3. The predicted molar refractivity (Wildman–Crippen MR) is 54.1 cm³/mol. The van der Waals surface area contributed by atoms with Gasteiger partial charge in [-0.3, -0.25) is 0 Å². The van der Waals surface area contributed by atoms with Crippen LogP contribution in [0.5, 0.6) is 0 Å². The zero-order valence-electron chi connectivity index (χ0n) is 6.80. The molecule has 0 atom stereocenters. The van der Waals surface area contributed by atoms with Gasteiger partial charge in [-0.15, -0.1) is 31.7 Å². The highest BCUT2D eigenvalue weighted by Crippen LogP contribution is 2.24. The normalized spacial score (nSPS) is 10.5. The average molecular weight is 230 g/mol. The molecule has 0 saturated heterocycles. The molecule has 0 spiro atoms. The molecule has 0 aliphatic carbocycles. The summed E-state index contributed by atoms with van der Waals surface area (Å²) in [6.45, 7) is 1.96. The van der Waals surface area contributed by atoms with Crippen LogP contribution in [-0.4, -0.2) is 20.4 Å². The molecule has 0 radical (unpaired) electrons. The first-order valence-electron chi connectivity index (χ1n) is 3.52. The van der Waals surface area contributed by atoms with E-state index < -0.39 is 0 Å². The number of hydrogen-bond acceptors (Lipinski definition) is 7.